The number of nitrogens with one attached hydrogen (secondary N) is 1. The van der Waals surface area contributed by atoms with Gasteiger partial charge in [-0.1, -0.05) is 17.7 Å². The van der Waals surface area contributed by atoms with Gasteiger partial charge in [-0.05, 0) is 32.0 Å². The Balaban J connectivity index is 1.96. The Kier molecular flexibility index (Phi) is 4.61. The molecule has 5 nitrogen and oxygen atoms in total. The average molecular weight is 303 g/mol. The molecule has 21 heavy (non-hydrogen) atoms. The molecule has 0 saturated heterocycles. The lowest BCUT2D eigenvalue weighted by atomic mass is 10.2. The van der Waals surface area contributed by atoms with Gasteiger partial charge < -0.3 is 5.32 Å². The van der Waals surface area contributed by atoms with Crippen LogP contribution in [-0.4, -0.2) is 15.7 Å². The molecule has 1 amide bonds. The first kappa shape index (κ1) is 15.1. The van der Waals surface area contributed by atoms with Gasteiger partial charge >= 0.3 is 0 Å². The summed E-state index contributed by atoms with van der Waals surface area (Å²) in [5.41, 5.74) is 2.74. The van der Waals surface area contributed by atoms with E-state index in [4.69, 9.17) is 16.9 Å². The predicted molar refractivity (Wildman–Crippen MR) is 81.1 cm³/mol. The first-order valence-corrected chi connectivity index (χ1v) is 6.88. The maximum atomic E-state index is 11.9. The number of aromatic nitrogens is 2. The molecule has 2 aromatic rings. The van der Waals surface area contributed by atoms with Crippen molar-refractivity contribution in [1.82, 2.24) is 9.78 Å². The first-order valence-electron chi connectivity index (χ1n) is 6.51. The Hall–Kier alpha value is -2.32. The fourth-order valence-corrected chi connectivity index (χ4v) is 2.13. The van der Waals surface area contributed by atoms with Crippen LogP contribution in [0.2, 0.25) is 5.02 Å². The summed E-state index contributed by atoms with van der Waals surface area (Å²) in [6.45, 7) is 4.17. The maximum Gasteiger partial charge on any atom is 0.226 e. The summed E-state index contributed by atoms with van der Waals surface area (Å²) in [5, 5.41) is 16.5. The normalized spacial score (nSPS) is 10.2. The third-order valence-electron chi connectivity index (χ3n) is 3.12. The second kappa shape index (κ2) is 6.42. The number of hydrogen-bond donors (Lipinski definition) is 1. The van der Waals surface area contributed by atoms with Gasteiger partial charge in [0.05, 0.1) is 34.6 Å². The maximum absolute atomic E-state index is 11.9. The molecule has 2 rings (SSSR count). The molecule has 1 aromatic heterocycles. The van der Waals surface area contributed by atoms with E-state index in [2.05, 4.69) is 10.4 Å². The highest BCUT2D eigenvalue weighted by molar-refractivity contribution is 6.31. The Morgan fingerprint density at radius 2 is 2.24 bits per heavy atom. The van der Waals surface area contributed by atoms with Crippen molar-refractivity contribution in [2.75, 3.05) is 5.32 Å². The van der Waals surface area contributed by atoms with Gasteiger partial charge in [-0.2, -0.15) is 10.4 Å². The highest BCUT2D eigenvalue weighted by atomic mass is 35.5. The molecule has 0 radical (unpaired) electrons. The van der Waals surface area contributed by atoms with Crippen molar-refractivity contribution < 1.29 is 4.79 Å². The van der Waals surface area contributed by atoms with Crippen molar-refractivity contribution in [2.24, 2.45) is 0 Å². The van der Waals surface area contributed by atoms with Crippen LogP contribution >= 0.6 is 11.6 Å². The molecule has 0 aliphatic rings. The number of anilines is 1. The molecule has 1 aromatic carbocycles. The third-order valence-corrected chi connectivity index (χ3v) is 3.67. The monoisotopic (exact) mass is 302 g/mol. The fourth-order valence-electron chi connectivity index (χ4n) is 1.99. The number of halogens is 1. The van der Waals surface area contributed by atoms with Gasteiger partial charge in [-0.3, -0.25) is 9.48 Å². The summed E-state index contributed by atoms with van der Waals surface area (Å²) in [7, 11) is 0. The smallest absolute Gasteiger partial charge is 0.226 e. The van der Waals surface area contributed by atoms with Crippen LogP contribution in [0.5, 0.6) is 0 Å². The van der Waals surface area contributed by atoms with Crippen LogP contribution in [-0.2, 0) is 11.3 Å². The first-order chi connectivity index (χ1) is 10.0. The van der Waals surface area contributed by atoms with Gasteiger partial charge in [0.25, 0.3) is 0 Å². The van der Waals surface area contributed by atoms with E-state index < -0.39 is 0 Å². The molecule has 0 fully saturated rings. The second-order valence-electron chi connectivity index (χ2n) is 4.70. The van der Waals surface area contributed by atoms with Crippen molar-refractivity contribution in [3.63, 3.8) is 0 Å². The van der Waals surface area contributed by atoms with E-state index in [1.54, 1.807) is 28.9 Å². The second-order valence-corrected chi connectivity index (χ2v) is 5.08. The van der Waals surface area contributed by atoms with Crippen molar-refractivity contribution in [2.45, 2.75) is 26.8 Å². The van der Waals surface area contributed by atoms with Gasteiger partial charge in [-0.15, -0.1) is 0 Å². The zero-order valence-corrected chi connectivity index (χ0v) is 12.6. The van der Waals surface area contributed by atoms with Crippen molar-refractivity contribution in [3.05, 3.63) is 46.2 Å². The highest BCUT2D eigenvalue weighted by Crippen LogP contribution is 2.19. The van der Waals surface area contributed by atoms with Crippen molar-refractivity contribution >= 4 is 23.2 Å². The largest absolute Gasteiger partial charge is 0.326 e. The number of amides is 1. The van der Waals surface area contributed by atoms with Gasteiger partial charge in [0.15, 0.2) is 0 Å². The van der Waals surface area contributed by atoms with Crippen LogP contribution in [0.3, 0.4) is 0 Å². The average Bonchev–Trinajstić information content (AvgIpc) is 2.72. The summed E-state index contributed by atoms with van der Waals surface area (Å²) in [6.07, 6.45) is 0.287. The van der Waals surface area contributed by atoms with E-state index in [9.17, 15) is 4.79 Å². The van der Waals surface area contributed by atoms with Crippen LogP contribution in [0.25, 0.3) is 0 Å². The van der Waals surface area contributed by atoms with Crippen LogP contribution in [0, 0.1) is 25.2 Å². The van der Waals surface area contributed by atoms with E-state index in [1.807, 2.05) is 19.9 Å². The van der Waals surface area contributed by atoms with Gasteiger partial charge in [0, 0.05) is 12.1 Å². The number of benzene rings is 1. The molecule has 6 heteroatoms. The summed E-state index contributed by atoms with van der Waals surface area (Å²) in [4.78, 5) is 11.9. The molecule has 1 heterocycles. The Morgan fingerprint density at radius 3 is 2.86 bits per heavy atom. The lowest BCUT2D eigenvalue weighted by Crippen LogP contribution is -2.15. The van der Waals surface area contributed by atoms with Gasteiger partial charge in [0.1, 0.15) is 0 Å². The fraction of sp³-hybridized carbons (Fsp3) is 0.267. The molecule has 0 spiro atoms. The SMILES string of the molecule is Cc1nn(CCC(=O)Nc2cccc(C#N)c2)c(C)c1Cl. The zero-order chi connectivity index (χ0) is 15.4. The quantitative estimate of drug-likeness (QED) is 0.943. The molecule has 0 aliphatic heterocycles. The number of nitriles is 1. The van der Waals surface area contributed by atoms with Gasteiger partial charge in [0.2, 0.25) is 5.91 Å². The Labute approximate surface area is 128 Å². The number of carbonyl (C=O) groups excluding carboxylic acids is 1. The molecule has 108 valence electrons. The molecule has 0 saturated carbocycles. The summed E-state index contributed by atoms with van der Waals surface area (Å²) in [5.74, 6) is -0.131. The van der Waals surface area contributed by atoms with E-state index in [1.165, 1.54) is 0 Å². The zero-order valence-electron chi connectivity index (χ0n) is 11.9. The van der Waals surface area contributed by atoms with E-state index in [0.29, 0.717) is 22.8 Å². The number of hydrogen-bond acceptors (Lipinski definition) is 3. The molecular weight excluding hydrogens is 288 g/mol. The molecule has 1 N–H and O–H groups in total. The van der Waals surface area contributed by atoms with E-state index in [-0.39, 0.29) is 12.3 Å². The minimum atomic E-state index is -0.131. The van der Waals surface area contributed by atoms with Crippen LogP contribution in [0.4, 0.5) is 5.69 Å². The molecule has 0 atom stereocenters. The molecule has 0 unspecified atom stereocenters. The summed E-state index contributed by atoms with van der Waals surface area (Å²) < 4.78 is 1.73. The van der Waals surface area contributed by atoms with E-state index >= 15 is 0 Å². The Morgan fingerprint density at radius 1 is 1.48 bits per heavy atom. The standard InChI is InChI=1S/C15H15ClN4O/c1-10-15(16)11(2)20(19-10)7-6-14(21)18-13-5-3-4-12(8-13)9-17/h3-5,8H,6-7H2,1-2H3,(H,18,21). The topological polar surface area (TPSA) is 70.7 Å². The predicted octanol–water partition coefficient (Wildman–Crippen LogP) is 3.05. The summed E-state index contributed by atoms with van der Waals surface area (Å²) >= 11 is 6.06. The minimum absolute atomic E-state index is 0.131. The lowest BCUT2D eigenvalue weighted by molar-refractivity contribution is -0.116. The third kappa shape index (κ3) is 3.61. The lowest BCUT2D eigenvalue weighted by Gasteiger charge is -2.07. The van der Waals surface area contributed by atoms with Crippen LogP contribution in [0.1, 0.15) is 23.4 Å². The van der Waals surface area contributed by atoms with Crippen molar-refractivity contribution in [1.29, 1.82) is 5.26 Å². The number of carbonyl (C=O) groups is 1. The van der Waals surface area contributed by atoms with Gasteiger partial charge in [-0.25, -0.2) is 0 Å². The number of rotatable bonds is 4. The van der Waals surface area contributed by atoms with Crippen LogP contribution < -0.4 is 5.32 Å². The highest BCUT2D eigenvalue weighted by Gasteiger charge is 2.10. The number of nitrogens with zero attached hydrogens (tertiary/aromatic N) is 3. The molecule has 0 aliphatic carbocycles. The Bertz CT molecular complexity index is 715. The minimum Gasteiger partial charge on any atom is -0.326 e. The van der Waals surface area contributed by atoms with Crippen LogP contribution in [0.15, 0.2) is 24.3 Å². The summed E-state index contributed by atoms with van der Waals surface area (Å²) in [6, 6.07) is 8.84. The van der Waals surface area contributed by atoms with Crippen molar-refractivity contribution in [3.8, 4) is 6.07 Å². The number of aryl methyl sites for hydroxylation is 2. The van der Waals surface area contributed by atoms with E-state index in [0.717, 1.165) is 11.4 Å². The molecule has 0 bridgehead atoms. The molecular formula is C15H15ClN4O.